The quantitative estimate of drug-likeness (QED) is 0.675. The summed E-state index contributed by atoms with van der Waals surface area (Å²) in [7, 11) is 1.75. The minimum Gasteiger partial charge on any atom is -0.380 e. The molecule has 0 saturated heterocycles. The summed E-state index contributed by atoms with van der Waals surface area (Å²) in [6.07, 6.45) is 5.45. The Hall–Kier alpha value is -0.610. The van der Waals surface area contributed by atoms with Crippen LogP contribution < -0.4 is 11.1 Å². The molecule has 0 aromatic rings. The van der Waals surface area contributed by atoms with Crippen LogP contribution in [0.3, 0.4) is 0 Å². The summed E-state index contributed by atoms with van der Waals surface area (Å²) in [4.78, 5) is 10.5. The van der Waals surface area contributed by atoms with E-state index < -0.39 is 0 Å². The fourth-order valence-corrected chi connectivity index (χ4v) is 1.99. The number of primary amides is 1. The number of carbonyl (C=O) groups is 1. The van der Waals surface area contributed by atoms with Crippen LogP contribution in [0, 0.1) is 0 Å². The van der Waals surface area contributed by atoms with E-state index in [0.717, 1.165) is 12.8 Å². The molecule has 4 nitrogen and oxygen atoms in total. The van der Waals surface area contributed by atoms with Gasteiger partial charge in [-0.1, -0.05) is 12.8 Å². The Bertz CT molecular complexity index is 185. The number of nitrogens with one attached hydrogen (secondary N) is 1. The molecule has 3 N–H and O–H groups in total. The molecule has 0 bridgehead atoms. The zero-order valence-corrected chi connectivity index (χ0v) is 8.79. The molecule has 4 heteroatoms. The Kier molecular flexibility index (Phi) is 4.90. The van der Waals surface area contributed by atoms with Gasteiger partial charge >= 0.3 is 0 Å². The smallest absolute Gasteiger partial charge is 0.218 e. The first-order chi connectivity index (χ1) is 6.74. The fourth-order valence-electron chi connectivity index (χ4n) is 1.99. The van der Waals surface area contributed by atoms with Crippen molar-refractivity contribution in [2.45, 2.75) is 44.2 Å². The number of carbonyl (C=O) groups excluding carboxylic acids is 1. The van der Waals surface area contributed by atoms with Crippen molar-refractivity contribution in [2.24, 2.45) is 5.73 Å². The molecular weight excluding hydrogens is 180 g/mol. The first kappa shape index (κ1) is 11.5. The second kappa shape index (κ2) is 5.98. The van der Waals surface area contributed by atoms with E-state index in [9.17, 15) is 4.79 Å². The van der Waals surface area contributed by atoms with Crippen LogP contribution in [0.25, 0.3) is 0 Å². The Morgan fingerprint density at radius 3 is 2.86 bits per heavy atom. The van der Waals surface area contributed by atoms with Gasteiger partial charge in [-0.15, -0.1) is 0 Å². The molecular formula is C10H20N2O2. The Morgan fingerprint density at radius 1 is 1.50 bits per heavy atom. The second-order valence-electron chi connectivity index (χ2n) is 3.84. The highest BCUT2D eigenvalue weighted by Crippen LogP contribution is 2.20. The van der Waals surface area contributed by atoms with Gasteiger partial charge in [0.1, 0.15) is 0 Å². The lowest BCUT2D eigenvalue weighted by molar-refractivity contribution is -0.118. The van der Waals surface area contributed by atoms with Crippen molar-refractivity contribution in [3.05, 3.63) is 0 Å². The molecule has 0 radical (unpaired) electrons. The first-order valence-electron chi connectivity index (χ1n) is 5.28. The number of hydrogen-bond acceptors (Lipinski definition) is 3. The predicted octanol–water partition coefficient (Wildman–Crippen LogP) is 0.409. The van der Waals surface area contributed by atoms with Crippen molar-refractivity contribution >= 4 is 5.91 Å². The van der Waals surface area contributed by atoms with Crippen LogP contribution in [0.2, 0.25) is 0 Å². The van der Waals surface area contributed by atoms with E-state index in [0.29, 0.717) is 25.1 Å². The van der Waals surface area contributed by atoms with Crippen LogP contribution >= 0.6 is 0 Å². The van der Waals surface area contributed by atoms with E-state index in [1.54, 1.807) is 7.11 Å². The van der Waals surface area contributed by atoms with E-state index in [-0.39, 0.29) is 5.91 Å². The van der Waals surface area contributed by atoms with E-state index in [4.69, 9.17) is 10.5 Å². The Labute approximate surface area is 85.2 Å². The van der Waals surface area contributed by atoms with Gasteiger partial charge in [0.05, 0.1) is 6.10 Å². The van der Waals surface area contributed by atoms with Crippen LogP contribution in [0.5, 0.6) is 0 Å². The summed E-state index contributed by atoms with van der Waals surface area (Å²) >= 11 is 0. The number of amides is 1. The van der Waals surface area contributed by atoms with Gasteiger partial charge in [-0.25, -0.2) is 0 Å². The molecule has 0 spiro atoms. The molecule has 1 aliphatic rings. The molecule has 2 unspecified atom stereocenters. The van der Waals surface area contributed by atoms with Crippen LogP contribution in [0.1, 0.15) is 32.1 Å². The minimum atomic E-state index is -0.248. The number of methoxy groups -OCH3 is 1. The maximum Gasteiger partial charge on any atom is 0.218 e. The topological polar surface area (TPSA) is 64.3 Å². The average molecular weight is 200 g/mol. The summed E-state index contributed by atoms with van der Waals surface area (Å²) in [5, 5.41) is 3.33. The van der Waals surface area contributed by atoms with Crippen molar-refractivity contribution in [3.63, 3.8) is 0 Å². The molecule has 0 aliphatic heterocycles. The van der Waals surface area contributed by atoms with Crippen molar-refractivity contribution in [1.29, 1.82) is 0 Å². The molecule has 1 rings (SSSR count). The summed E-state index contributed by atoms with van der Waals surface area (Å²) in [5.41, 5.74) is 5.07. The molecule has 14 heavy (non-hydrogen) atoms. The zero-order valence-electron chi connectivity index (χ0n) is 8.79. The van der Waals surface area contributed by atoms with Crippen molar-refractivity contribution in [3.8, 4) is 0 Å². The highest BCUT2D eigenvalue weighted by Gasteiger charge is 2.23. The largest absolute Gasteiger partial charge is 0.380 e. The van der Waals surface area contributed by atoms with E-state index in [1.807, 2.05) is 0 Å². The summed E-state index contributed by atoms with van der Waals surface area (Å²) < 4.78 is 5.38. The molecule has 0 heterocycles. The maximum atomic E-state index is 10.5. The van der Waals surface area contributed by atoms with E-state index in [2.05, 4.69) is 5.32 Å². The van der Waals surface area contributed by atoms with Gasteiger partial charge in [-0.2, -0.15) is 0 Å². The molecule has 1 amide bonds. The summed E-state index contributed by atoms with van der Waals surface area (Å²) in [6.45, 7) is 0.667. The number of ether oxygens (including phenoxy) is 1. The van der Waals surface area contributed by atoms with Crippen molar-refractivity contribution in [1.82, 2.24) is 5.32 Å². The van der Waals surface area contributed by atoms with Gasteiger partial charge in [-0.05, 0) is 12.8 Å². The van der Waals surface area contributed by atoms with Crippen LogP contribution in [-0.2, 0) is 9.53 Å². The molecule has 1 fully saturated rings. The predicted molar refractivity (Wildman–Crippen MR) is 54.9 cm³/mol. The zero-order chi connectivity index (χ0) is 10.4. The van der Waals surface area contributed by atoms with Crippen LogP contribution in [0.4, 0.5) is 0 Å². The van der Waals surface area contributed by atoms with Gasteiger partial charge in [0.15, 0.2) is 0 Å². The van der Waals surface area contributed by atoms with Gasteiger partial charge in [0, 0.05) is 26.1 Å². The Morgan fingerprint density at radius 2 is 2.21 bits per heavy atom. The maximum absolute atomic E-state index is 10.5. The third-order valence-corrected chi connectivity index (χ3v) is 2.78. The lowest BCUT2D eigenvalue weighted by Gasteiger charge is -2.31. The molecule has 0 aromatic carbocycles. The van der Waals surface area contributed by atoms with E-state index in [1.165, 1.54) is 12.8 Å². The SMILES string of the molecule is COC1CCCCC1NCCC(N)=O. The van der Waals surface area contributed by atoms with Crippen molar-refractivity contribution in [2.75, 3.05) is 13.7 Å². The third-order valence-electron chi connectivity index (χ3n) is 2.78. The average Bonchev–Trinajstić information content (AvgIpc) is 2.18. The second-order valence-corrected chi connectivity index (χ2v) is 3.84. The summed E-state index contributed by atoms with van der Waals surface area (Å²) in [5.74, 6) is -0.248. The fraction of sp³-hybridized carbons (Fsp3) is 0.900. The molecule has 2 atom stereocenters. The highest BCUT2D eigenvalue weighted by molar-refractivity contribution is 5.73. The van der Waals surface area contributed by atoms with Gasteiger partial charge in [-0.3, -0.25) is 4.79 Å². The van der Waals surface area contributed by atoms with Crippen LogP contribution in [-0.4, -0.2) is 31.7 Å². The van der Waals surface area contributed by atoms with Crippen LogP contribution in [0.15, 0.2) is 0 Å². The number of rotatable bonds is 5. The van der Waals surface area contributed by atoms with Gasteiger partial charge in [0.2, 0.25) is 5.91 Å². The lowest BCUT2D eigenvalue weighted by atomic mass is 9.92. The molecule has 82 valence electrons. The Balaban J connectivity index is 2.22. The normalized spacial score (nSPS) is 27.5. The highest BCUT2D eigenvalue weighted by atomic mass is 16.5. The van der Waals surface area contributed by atoms with Crippen molar-refractivity contribution < 1.29 is 9.53 Å². The van der Waals surface area contributed by atoms with Gasteiger partial charge < -0.3 is 15.8 Å². The molecule has 1 saturated carbocycles. The number of nitrogens with two attached hydrogens (primary N) is 1. The monoisotopic (exact) mass is 200 g/mol. The standard InChI is InChI=1S/C10H20N2O2/c1-14-9-5-3-2-4-8(9)12-7-6-10(11)13/h8-9,12H,2-7H2,1H3,(H2,11,13). The third kappa shape index (κ3) is 3.64. The first-order valence-corrected chi connectivity index (χ1v) is 5.28. The lowest BCUT2D eigenvalue weighted by Crippen LogP contribution is -2.44. The van der Waals surface area contributed by atoms with Gasteiger partial charge in [0.25, 0.3) is 0 Å². The van der Waals surface area contributed by atoms with E-state index >= 15 is 0 Å². The number of hydrogen-bond donors (Lipinski definition) is 2. The summed E-state index contributed by atoms with van der Waals surface area (Å²) in [6, 6.07) is 0.396. The molecule has 0 aromatic heterocycles. The molecule has 1 aliphatic carbocycles. The minimum absolute atomic E-state index is 0.248.